The van der Waals surface area contributed by atoms with Crippen LogP contribution < -0.4 is 5.32 Å². The summed E-state index contributed by atoms with van der Waals surface area (Å²) in [6.45, 7) is 5.06. The Bertz CT molecular complexity index is 1630. The molecule has 0 radical (unpaired) electrons. The molecule has 3 aromatic heterocycles. The van der Waals surface area contributed by atoms with E-state index in [4.69, 9.17) is 0 Å². The Morgan fingerprint density at radius 1 is 1.00 bits per heavy atom. The number of rotatable bonds is 6. The van der Waals surface area contributed by atoms with E-state index in [9.17, 15) is 19.2 Å². The number of amides is 1. The Balaban J connectivity index is 1.34. The number of benzene rings is 1. The molecule has 0 bridgehead atoms. The quantitative estimate of drug-likeness (QED) is 0.298. The number of fused-ring (bicyclic) bond motifs is 1. The van der Waals surface area contributed by atoms with Crippen molar-refractivity contribution in [2.45, 2.75) is 33.1 Å². The summed E-state index contributed by atoms with van der Waals surface area (Å²) in [7, 11) is 1.85. The van der Waals surface area contributed by atoms with Gasteiger partial charge in [-0.3, -0.25) is 28.8 Å². The number of carbonyl (C=O) groups excluding carboxylic acids is 4. The molecular weight excluding hydrogens is 494 g/mol. The van der Waals surface area contributed by atoms with Crippen LogP contribution in [-0.4, -0.2) is 43.0 Å². The minimum absolute atomic E-state index is 0.0987. The summed E-state index contributed by atoms with van der Waals surface area (Å²) in [6.07, 6.45) is 7.71. The first kappa shape index (κ1) is 25.8. The van der Waals surface area contributed by atoms with E-state index in [0.29, 0.717) is 12.2 Å². The van der Waals surface area contributed by atoms with Gasteiger partial charge in [-0.2, -0.15) is 5.10 Å². The lowest BCUT2D eigenvalue weighted by Gasteiger charge is -2.22. The lowest BCUT2D eigenvalue weighted by atomic mass is 9.79. The molecule has 1 unspecified atom stereocenters. The van der Waals surface area contributed by atoms with Crippen LogP contribution in [-0.2, 0) is 23.1 Å². The van der Waals surface area contributed by atoms with Gasteiger partial charge >= 0.3 is 0 Å². The van der Waals surface area contributed by atoms with Crippen molar-refractivity contribution in [3.05, 3.63) is 95.1 Å². The molecule has 0 spiro atoms. The van der Waals surface area contributed by atoms with Crippen LogP contribution in [0.5, 0.6) is 0 Å². The molecule has 1 aliphatic rings. The highest BCUT2D eigenvalue weighted by molar-refractivity contribution is 6.53. The first-order valence-electron chi connectivity index (χ1n) is 12.5. The number of aryl methyl sites for hydroxylation is 1. The maximum absolute atomic E-state index is 13.3. The highest BCUT2D eigenvalue weighted by Gasteiger charge is 2.47. The fourth-order valence-electron chi connectivity index (χ4n) is 4.67. The molecule has 3 heterocycles. The average Bonchev–Trinajstić information content (AvgIpc) is 3.45. The van der Waals surface area contributed by atoms with Gasteiger partial charge in [-0.25, -0.2) is 4.98 Å². The maximum Gasteiger partial charge on any atom is 0.257 e. The van der Waals surface area contributed by atoms with E-state index in [2.05, 4.69) is 20.4 Å². The standard InChI is InChI=1S/C30H27N5O4/c1-30(2,3)28(38)25-24-20(26(36)27(25)37)6-5-7-21(24)29(39)34-23-9-8-18(14-32-23)12-17-10-11-31-22(13-17)19-15-33-35(4)16-19/h5-11,13-16,25H,12H2,1-4H3,(H,32,34,39). The number of hydrogen-bond acceptors (Lipinski definition) is 7. The first-order valence-corrected chi connectivity index (χ1v) is 12.5. The summed E-state index contributed by atoms with van der Waals surface area (Å²) in [4.78, 5) is 60.5. The molecule has 1 aromatic carbocycles. The fraction of sp³-hybridized carbons (Fsp3) is 0.233. The SMILES string of the molecule is Cn1cc(-c2cc(Cc3ccc(NC(=O)c4cccc5c4C(C(=O)C(C)(C)C)C(=O)C5=O)nc3)ccn2)cn1. The van der Waals surface area contributed by atoms with Crippen LogP contribution in [0.4, 0.5) is 5.82 Å². The Hall–Kier alpha value is -4.79. The number of Topliss-reactive ketones (excluding diaryl/α,β-unsaturated/α-hetero) is 3. The second-order valence-electron chi connectivity index (χ2n) is 10.6. The van der Waals surface area contributed by atoms with Gasteiger partial charge in [0.15, 0.2) is 5.78 Å². The van der Waals surface area contributed by atoms with Crippen molar-refractivity contribution in [1.82, 2.24) is 19.7 Å². The van der Waals surface area contributed by atoms with Crippen LogP contribution in [0.1, 0.15) is 64.1 Å². The molecule has 5 rings (SSSR count). The van der Waals surface area contributed by atoms with Gasteiger partial charge in [0.25, 0.3) is 5.91 Å². The van der Waals surface area contributed by atoms with E-state index in [-0.39, 0.29) is 16.7 Å². The fourth-order valence-corrected chi connectivity index (χ4v) is 4.67. The van der Waals surface area contributed by atoms with Crippen molar-refractivity contribution in [3.8, 4) is 11.3 Å². The number of pyridine rings is 2. The van der Waals surface area contributed by atoms with Crippen LogP contribution in [0.15, 0.2) is 67.3 Å². The van der Waals surface area contributed by atoms with Crippen LogP contribution in [0, 0.1) is 5.41 Å². The molecular formula is C30H27N5O4. The van der Waals surface area contributed by atoms with Gasteiger partial charge in [0.2, 0.25) is 11.6 Å². The summed E-state index contributed by atoms with van der Waals surface area (Å²) in [5, 5.41) is 6.93. The van der Waals surface area contributed by atoms with Crippen molar-refractivity contribution in [1.29, 1.82) is 0 Å². The Morgan fingerprint density at radius 2 is 1.79 bits per heavy atom. The molecule has 1 N–H and O–H groups in total. The van der Waals surface area contributed by atoms with Crippen LogP contribution in [0.3, 0.4) is 0 Å². The average molecular weight is 522 g/mol. The highest BCUT2D eigenvalue weighted by atomic mass is 16.2. The zero-order chi connectivity index (χ0) is 27.9. The number of nitrogens with one attached hydrogen (secondary N) is 1. The minimum atomic E-state index is -1.29. The molecule has 0 saturated carbocycles. The molecule has 196 valence electrons. The normalized spacial score (nSPS) is 14.8. The number of hydrogen-bond donors (Lipinski definition) is 1. The van der Waals surface area contributed by atoms with E-state index in [1.807, 2.05) is 31.4 Å². The van der Waals surface area contributed by atoms with Gasteiger partial charge in [-0.1, -0.05) is 39.0 Å². The molecule has 0 fully saturated rings. The smallest absolute Gasteiger partial charge is 0.257 e. The van der Waals surface area contributed by atoms with Crippen molar-refractivity contribution >= 4 is 29.1 Å². The third kappa shape index (κ3) is 5.03. The number of nitrogens with zero attached hydrogens (tertiary/aromatic N) is 4. The zero-order valence-electron chi connectivity index (χ0n) is 22.1. The summed E-state index contributed by atoms with van der Waals surface area (Å²) in [5.41, 5.74) is 3.25. The largest absolute Gasteiger partial charge is 0.307 e. The van der Waals surface area contributed by atoms with Gasteiger partial charge in [-0.05, 0) is 47.4 Å². The number of ketones is 3. The van der Waals surface area contributed by atoms with Crippen LogP contribution in [0.2, 0.25) is 0 Å². The zero-order valence-corrected chi connectivity index (χ0v) is 22.1. The second kappa shape index (κ2) is 9.83. The lowest BCUT2D eigenvalue weighted by Crippen LogP contribution is -2.31. The van der Waals surface area contributed by atoms with Gasteiger partial charge in [0.05, 0.1) is 11.9 Å². The molecule has 1 atom stereocenters. The van der Waals surface area contributed by atoms with Crippen LogP contribution in [0.25, 0.3) is 11.3 Å². The van der Waals surface area contributed by atoms with E-state index in [1.165, 1.54) is 18.2 Å². The molecule has 39 heavy (non-hydrogen) atoms. The van der Waals surface area contributed by atoms with Crippen LogP contribution >= 0.6 is 0 Å². The Morgan fingerprint density at radius 3 is 2.46 bits per heavy atom. The van der Waals surface area contributed by atoms with E-state index >= 15 is 0 Å². The summed E-state index contributed by atoms with van der Waals surface area (Å²) < 4.78 is 1.72. The van der Waals surface area contributed by atoms with Gasteiger partial charge in [-0.15, -0.1) is 0 Å². The number of aromatic nitrogens is 4. The summed E-state index contributed by atoms with van der Waals surface area (Å²) in [5.74, 6) is -3.46. The molecule has 9 heteroatoms. The lowest BCUT2D eigenvalue weighted by molar-refractivity contribution is -0.132. The minimum Gasteiger partial charge on any atom is -0.307 e. The third-order valence-electron chi connectivity index (χ3n) is 6.67. The predicted molar refractivity (Wildman–Crippen MR) is 144 cm³/mol. The summed E-state index contributed by atoms with van der Waals surface area (Å²) >= 11 is 0. The van der Waals surface area contributed by atoms with E-state index in [0.717, 1.165) is 22.4 Å². The van der Waals surface area contributed by atoms with Crippen molar-refractivity contribution in [3.63, 3.8) is 0 Å². The van der Waals surface area contributed by atoms with Gasteiger partial charge in [0, 0.05) is 47.7 Å². The summed E-state index contributed by atoms with van der Waals surface area (Å²) in [6, 6.07) is 12.0. The van der Waals surface area contributed by atoms with E-state index < -0.39 is 34.6 Å². The van der Waals surface area contributed by atoms with E-state index in [1.54, 1.807) is 50.1 Å². The molecule has 1 amide bonds. The molecule has 1 aliphatic carbocycles. The third-order valence-corrected chi connectivity index (χ3v) is 6.67. The molecule has 0 saturated heterocycles. The topological polar surface area (TPSA) is 124 Å². The Labute approximate surface area is 225 Å². The monoisotopic (exact) mass is 521 g/mol. The van der Waals surface area contributed by atoms with Crippen molar-refractivity contribution < 1.29 is 19.2 Å². The number of carbonyl (C=O) groups is 4. The van der Waals surface area contributed by atoms with Gasteiger partial charge < -0.3 is 5.32 Å². The first-order chi connectivity index (χ1) is 18.5. The molecule has 0 aliphatic heterocycles. The second-order valence-corrected chi connectivity index (χ2v) is 10.6. The Kier molecular flexibility index (Phi) is 6.51. The molecule has 9 nitrogen and oxygen atoms in total. The van der Waals surface area contributed by atoms with Gasteiger partial charge in [0.1, 0.15) is 11.7 Å². The maximum atomic E-state index is 13.3. The van der Waals surface area contributed by atoms with Crippen molar-refractivity contribution in [2.75, 3.05) is 5.32 Å². The predicted octanol–water partition coefficient (Wildman–Crippen LogP) is 4.18. The van der Waals surface area contributed by atoms with Crippen molar-refractivity contribution in [2.24, 2.45) is 12.5 Å². The highest BCUT2D eigenvalue weighted by Crippen LogP contribution is 2.38. The number of anilines is 1. The molecule has 4 aromatic rings.